The van der Waals surface area contributed by atoms with Gasteiger partial charge in [-0.2, -0.15) is 0 Å². The Balaban J connectivity index is 1.93. The number of hydrogen-bond acceptors (Lipinski definition) is 2. The van der Waals surface area contributed by atoms with Crippen LogP contribution in [0, 0.1) is 0 Å². The normalized spacial score (nSPS) is 20.9. The van der Waals surface area contributed by atoms with Gasteiger partial charge < -0.3 is 9.47 Å². The van der Waals surface area contributed by atoms with Crippen molar-refractivity contribution >= 4 is 27.5 Å². The summed E-state index contributed by atoms with van der Waals surface area (Å²) in [6.45, 7) is 0.918. The fraction of sp³-hybridized carbons (Fsp3) is 0.571. The minimum atomic E-state index is 0.278. The third-order valence-electron chi connectivity index (χ3n) is 3.31. The molecule has 2 nitrogen and oxygen atoms in total. The highest BCUT2D eigenvalue weighted by Crippen LogP contribution is 2.36. The van der Waals surface area contributed by atoms with Crippen LogP contribution >= 0.6 is 27.5 Å². The van der Waals surface area contributed by atoms with Crippen LogP contribution in [-0.2, 0) is 4.74 Å². The molecule has 18 heavy (non-hydrogen) atoms. The van der Waals surface area contributed by atoms with Crippen LogP contribution in [0.2, 0.25) is 5.02 Å². The summed E-state index contributed by atoms with van der Waals surface area (Å²) in [6.07, 6.45) is 4.94. The predicted octanol–water partition coefficient (Wildman–Crippen LogP) is 4.74. The summed E-state index contributed by atoms with van der Waals surface area (Å²) < 4.78 is 10.8. The van der Waals surface area contributed by atoms with Crippen molar-refractivity contribution in [2.75, 3.05) is 13.7 Å². The molecule has 0 aliphatic carbocycles. The Morgan fingerprint density at radius 1 is 1.56 bits per heavy atom. The lowest BCUT2D eigenvalue weighted by Gasteiger charge is -2.15. The van der Waals surface area contributed by atoms with Gasteiger partial charge in [0.1, 0.15) is 5.75 Å². The van der Waals surface area contributed by atoms with Crippen LogP contribution in [0.1, 0.15) is 36.1 Å². The van der Waals surface area contributed by atoms with E-state index in [4.69, 9.17) is 21.1 Å². The zero-order valence-corrected chi connectivity index (χ0v) is 12.8. The first kappa shape index (κ1) is 14.2. The van der Waals surface area contributed by atoms with E-state index < -0.39 is 0 Å². The van der Waals surface area contributed by atoms with Crippen molar-refractivity contribution in [3.8, 4) is 5.75 Å². The zero-order valence-electron chi connectivity index (χ0n) is 10.5. The lowest BCUT2D eigenvalue weighted by Crippen LogP contribution is -2.06. The second-order valence-electron chi connectivity index (χ2n) is 4.57. The van der Waals surface area contributed by atoms with Crippen LogP contribution in [0.4, 0.5) is 0 Å². The van der Waals surface area contributed by atoms with E-state index in [1.807, 2.05) is 18.2 Å². The third kappa shape index (κ3) is 3.62. The Labute approximate surface area is 122 Å². The third-order valence-corrected chi connectivity index (χ3v) is 4.59. The number of rotatable bonds is 5. The maximum atomic E-state index is 6.26. The first-order valence-electron chi connectivity index (χ1n) is 6.30. The van der Waals surface area contributed by atoms with Crippen molar-refractivity contribution < 1.29 is 9.47 Å². The highest BCUT2D eigenvalue weighted by atomic mass is 79.9. The van der Waals surface area contributed by atoms with Crippen LogP contribution in [0.15, 0.2) is 18.2 Å². The lowest BCUT2D eigenvalue weighted by molar-refractivity contribution is 0.102. The quantitative estimate of drug-likeness (QED) is 0.724. The van der Waals surface area contributed by atoms with Gasteiger partial charge in [-0.05, 0) is 43.4 Å². The Hall–Kier alpha value is -0.250. The first-order chi connectivity index (χ1) is 8.70. The standard InChI is InChI=1S/C14H18BrClO2/c1-17-11-4-6-12(14(16)9-11)13(15)7-5-10-3-2-8-18-10/h4,6,9-10,13H,2-3,5,7-8H2,1H3. The maximum absolute atomic E-state index is 6.26. The molecule has 0 N–H and O–H groups in total. The van der Waals surface area contributed by atoms with Gasteiger partial charge in [0.15, 0.2) is 0 Å². The van der Waals surface area contributed by atoms with Gasteiger partial charge in [0.25, 0.3) is 0 Å². The van der Waals surface area contributed by atoms with Crippen LogP contribution in [-0.4, -0.2) is 19.8 Å². The molecule has 1 aliphatic heterocycles. The SMILES string of the molecule is COc1ccc(C(Br)CCC2CCCO2)c(Cl)c1. The summed E-state index contributed by atoms with van der Waals surface area (Å²) >= 11 is 9.97. The Morgan fingerprint density at radius 2 is 2.39 bits per heavy atom. The number of methoxy groups -OCH3 is 1. The molecule has 4 heteroatoms. The largest absolute Gasteiger partial charge is 0.497 e. The average Bonchev–Trinajstić information content (AvgIpc) is 2.88. The molecule has 1 aliphatic rings. The topological polar surface area (TPSA) is 18.5 Å². The second kappa shape index (κ2) is 6.78. The molecule has 0 saturated carbocycles. The van der Waals surface area contributed by atoms with Gasteiger partial charge in [0.2, 0.25) is 0 Å². The monoisotopic (exact) mass is 332 g/mol. The zero-order chi connectivity index (χ0) is 13.0. The fourth-order valence-corrected chi connectivity index (χ4v) is 3.35. The molecule has 1 aromatic rings. The summed E-state index contributed by atoms with van der Waals surface area (Å²) in [4.78, 5) is 0.278. The minimum absolute atomic E-state index is 0.278. The molecule has 0 bridgehead atoms. The number of alkyl halides is 1. The van der Waals surface area contributed by atoms with Gasteiger partial charge in [-0.1, -0.05) is 33.6 Å². The van der Waals surface area contributed by atoms with Crippen LogP contribution < -0.4 is 4.74 Å². The summed E-state index contributed by atoms with van der Waals surface area (Å²) in [5, 5.41) is 0.753. The Morgan fingerprint density at radius 3 is 3.00 bits per heavy atom. The van der Waals surface area contributed by atoms with Crippen molar-refractivity contribution in [3.05, 3.63) is 28.8 Å². The van der Waals surface area contributed by atoms with Crippen molar-refractivity contribution in [1.82, 2.24) is 0 Å². The molecule has 0 amide bonds. The molecule has 2 unspecified atom stereocenters. The summed E-state index contributed by atoms with van der Waals surface area (Å²) in [5.41, 5.74) is 1.12. The first-order valence-corrected chi connectivity index (χ1v) is 7.59. The maximum Gasteiger partial charge on any atom is 0.120 e. The number of hydrogen-bond donors (Lipinski definition) is 0. The van der Waals surface area contributed by atoms with Gasteiger partial charge in [-0.25, -0.2) is 0 Å². The summed E-state index contributed by atoms with van der Waals surface area (Å²) in [5.74, 6) is 0.794. The van der Waals surface area contributed by atoms with Gasteiger partial charge in [-0.15, -0.1) is 0 Å². The number of benzene rings is 1. The van der Waals surface area contributed by atoms with Gasteiger partial charge in [-0.3, -0.25) is 0 Å². The van der Waals surface area contributed by atoms with E-state index >= 15 is 0 Å². The van der Waals surface area contributed by atoms with Crippen LogP contribution in [0.3, 0.4) is 0 Å². The minimum Gasteiger partial charge on any atom is -0.497 e. The Bertz CT molecular complexity index is 391. The van der Waals surface area contributed by atoms with E-state index in [9.17, 15) is 0 Å². The van der Waals surface area contributed by atoms with E-state index in [0.717, 1.165) is 35.8 Å². The molecule has 2 atom stereocenters. The summed E-state index contributed by atoms with van der Waals surface area (Å²) in [7, 11) is 1.65. The van der Waals surface area contributed by atoms with Gasteiger partial charge in [0, 0.05) is 16.5 Å². The van der Waals surface area contributed by atoms with E-state index in [2.05, 4.69) is 15.9 Å². The fourth-order valence-electron chi connectivity index (χ4n) is 2.25. The lowest BCUT2D eigenvalue weighted by atomic mass is 10.0. The predicted molar refractivity (Wildman–Crippen MR) is 77.9 cm³/mol. The number of halogens is 2. The van der Waals surface area contributed by atoms with Crippen LogP contribution in [0.25, 0.3) is 0 Å². The molecule has 0 radical (unpaired) electrons. The summed E-state index contributed by atoms with van der Waals surface area (Å²) in [6, 6.07) is 5.83. The van der Waals surface area contributed by atoms with Gasteiger partial charge >= 0.3 is 0 Å². The molecule has 100 valence electrons. The van der Waals surface area contributed by atoms with Crippen molar-refractivity contribution in [3.63, 3.8) is 0 Å². The van der Waals surface area contributed by atoms with Crippen LogP contribution in [0.5, 0.6) is 5.75 Å². The molecule has 1 heterocycles. The van der Waals surface area contributed by atoms with Gasteiger partial charge in [0.05, 0.1) is 13.2 Å². The van der Waals surface area contributed by atoms with E-state index in [-0.39, 0.29) is 4.83 Å². The smallest absolute Gasteiger partial charge is 0.120 e. The second-order valence-corrected chi connectivity index (χ2v) is 6.08. The number of ether oxygens (including phenoxy) is 2. The van der Waals surface area contributed by atoms with E-state index in [1.165, 1.54) is 12.8 Å². The molecule has 2 rings (SSSR count). The molecule has 1 fully saturated rings. The molecule has 0 spiro atoms. The average molecular weight is 334 g/mol. The van der Waals surface area contributed by atoms with E-state index in [1.54, 1.807) is 7.11 Å². The van der Waals surface area contributed by atoms with Crippen molar-refractivity contribution in [2.24, 2.45) is 0 Å². The highest BCUT2D eigenvalue weighted by Gasteiger charge is 2.18. The van der Waals surface area contributed by atoms with Crippen molar-refractivity contribution in [2.45, 2.75) is 36.6 Å². The highest BCUT2D eigenvalue weighted by molar-refractivity contribution is 9.09. The molecule has 0 aromatic heterocycles. The molecular weight excluding hydrogens is 316 g/mol. The molecule has 1 aromatic carbocycles. The molecular formula is C14H18BrClO2. The van der Waals surface area contributed by atoms with E-state index in [0.29, 0.717) is 6.10 Å². The Kier molecular flexibility index (Phi) is 5.34. The molecule has 1 saturated heterocycles. The van der Waals surface area contributed by atoms with Crippen molar-refractivity contribution in [1.29, 1.82) is 0 Å².